The third-order valence-corrected chi connectivity index (χ3v) is 3.07. The predicted molar refractivity (Wildman–Crippen MR) is 80.9 cm³/mol. The summed E-state index contributed by atoms with van der Waals surface area (Å²) in [5.41, 5.74) is 2.69. The van der Waals surface area contributed by atoms with Gasteiger partial charge in [0.15, 0.2) is 0 Å². The zero-order valence-electron chi connectivity index (χ0n) is 11.9. The maximum Gasteiger partial charge on any atom is 0.340 e. The monoisotopic (exact) mass is 269 g/mol. The van der Waals surface area contributed by atoms with Gasteiger partial charge in [-0.1, -0.05) is 42.5 Å². The SMILES string of the molecule is CCOC(=O)c1ccccc1N(C)Cc1ccccc1. The van der Waals surface area contributed by atoms with Crippen molar-refractivity contribution < 1.29 is 9.53 Å². The van der Waals surface area contributed by atoms with Gasteiger partial charge in [-0.3, -0.25) is 0 Å². The van der Waals surface area contributed by atoms with Crippen LogP contribution in [0.5, 0.6) is 0 Å². The minimum absolute atomic E-state index is 0.275. The van der Waals surface area contributed by atoms with E-state index in [1.807, 2.05) is 50.4 Å². The van der Waals surface area contributed by atoms with Crippen molar-refractivity contribution in [2.75, 3.05) is 18.6 Å². The Labute approximate surface area is 119 Å². The average Bonchev–Trinajstić information content (AvgIpc) is 2.48. The van der Waals surface area contributed by atoms with E-state index in [4.69, 9.17) is 4.74 Å². The van der Waals surface area contributed by atoms with Crippen molar-refractivity contribution in [3.63, 3.8) is 0 Å². The summed E-state index contributed by atoms with van der Waals surface area (Å²) in [6.07, 6.45) is 0. The molecule has 0 aliphatic rings. The maximum absolute atomic E-state index is 12.0. The van der Waals surface area contributed by atoms with Crippen LogP contribution in [0.3, 0.4) is 0 Å². The van der Waals surface area contributed by atoms with Gasteiger partial charge in [0.1, 0.15) is 0 Å². The maximum atomic E-state index is 12.0. The molecule has 0 amide bonds. The highest BCUT2D eigenvalue weighted by Crippen LogP contribution is 2.21. The second-order valence-corrected chi connectivity index (χ2v) is 4.58. The minimum Gasteiger partial charge on any atom is -0.462 e. The smallest absolute Gasteiger partial charge is 0.340 e. The van der Waals surface area contributed by atoms with Crippen molar-refractivity contribution >= 4 is 11.7 Å². The Morgan fingerprint density at radius 3 is 2.40 bits per heavy atom. The largest absolute Gasteiger partial charge is 0.462 e. The number of ether oxygens (including phenoxy) is 1. The Kier molecular flexibility index (Phi) is 4.77. The number of benzene rings is 2. The molecule has 0 unspecified atom stereocenters. The Hall–Kier alpha value is -2.29. The second-order valence-electron chi connectivity index (χ2n) is 4.58. The molecule has 0 aliphatic heterocycles. The number of esters is 1. The first-order valence-electron chi connectivity index (χ1n) is 6.73. The molecular formula is C17H19NO2. The number of hydrogen-bond donors (Lipinski definition) is 0. The van der Waals surface area contributed by atoms with E-state index in [0.29, 0.717) is 12.2 Å². The zero-order valence-corrected chi connectivity index (χ0v) is 11.9. The normalized spacial score (nSPS) is 10.1. The van der Waals surface area contributed by atoms with E-state index in [1.54, 1.807) is 6.07 Å². The van der Waals surface area contributed by atoms with Crippen molar-refractivity contribution in [2.24, 2.45) is 0 Å². The molecule has 0 N–H and O–H groups in total. The summed E-state index contributed by atoms with van der Waals surface area (Å²) in [5.74, 6) is -0.275. The molecule has 20 heavy (non-hydrogen) atoms. The fourth-order valence-electron chi connectivity index (χ4n) is 2.13. The van der Waals surface area contributed by atoms with Crippen molar-refractivity contribution in [2.45, 2.75) is 13.5 Å². The summed E-state index contributed by atoms with van der Waals surface area (Å²) in [5, 5.41) is 0. The van der Waals surface area contributed by atoms with Crippen LogP contribution in [0.25, 0.3) is 0 Å². The highest BCUT2D eigenvalue weighted by Gasteiger charge is 2.14. The first kappa shape index (κ1) is 14.1. The number of hydrogen-bond acceptors (Lipinski definition) is 3. The third kappa shape index (κ3) is 3.38. The Bertz CT molecular complexity index is 566. The molecule has 0 radical (unpaired) electrons. The minimum atomic E-state index is -0.275. The van der Waals surface area contributed by atoms with Gasteiger partial charge in [0.2, 0.25) is 0 Å². The topological polar surface area (TPSA) is 29.5 Å². The molecule has 0 atom stereocenters. The first-order chi connectivity index (χ1) is 9.72. The lowest BCUT2D eigenvalue weighted by Crippen LogP contribution is -2.20. The summed E-state index contributed by atoms with van der Waals surface area (Å²) in [6.45, 7) is 2.95. The van der Waals surface area contributed by atoms with E-state index in [2.05, 4.69) is 17.0 Å². The Morgan fingerprint density at radius 1 is 1.05 bits per heavy atom. The van der Waals surface area contributed by atoms with Gasteiger partial charge in [0.25, 0.3) is 0 Å². The second kappa shape index (κ2) is 6.75. The molecular weight excluding hydrogens is 250 g/mol. The molecule has 0 bridgehead atoms. The zero-order chi connectivity index (χ0) is 14.4. The summed E-state index contributed by atoms with van der Waals surface area (Å²) >= 11 is 0. The number of rotatable bonds is 5. The van der Waals surface area contributed by atoms with Crippen LogP contribution in [0.1, 0.15) is 22.8 Å². The Balaban J connectivity index is 2.21. The summed E-state index contributed by atoms with van der Waals surface area (Å²) in [4.78, 5) is 14.0. The lowest BCUT2D eigenvalue weighted by atomic mass is 10.1. The van der Waals surface area contributed by atoms with Crippen LogP contribution >= 0.6 is 0 Å². The molecule has 3 nitrogen and oxygen atoms in total. The van der Waals surface area contributed by atoms with Gasteiger partial charge in [0.05, 0.1) is 17.9 Å². The highest BCUT2D eigenvalue weighted by atomic mass is 16.5. The fourth-order valence-corrected chi connectivity index (χ4v) is 2.13. The standard InChI is InChI=1S/C17H19NO2/c1-3-20-17(19)15-11-7-8-12-16(15)18(2)13-14-9-5-4-6-10-14/h4-12H,3,13H2,1-2H3. The van der Waals surface area contributed by atoms with Gasteiger partial charge < -0.3 is 9.64 Å². The van der Waals surface area contributed by atoms with Gasteiger partial charge >= 0.3 is 5.97 Å². The summed E-state index contributed by atoms with van der Waals surface area (Å²) < 4.78 is 5.10. The van der Waals surface area contributed by atoms with Crippen LogP contribution in [0.15, 0.2) is 54.6 Å². The van der Waals surface area contributed by atoms with Gasteiger partial charge in [-0.2, -0.15) is 0 Å². The molecule has 0 spiro atoms. The molecule has 0 saturated heterocycles. The molecule has 104 valence electrons. The molecule has 0 saturated carbocycles. The van der Waals surface area contributed by atoms with E-state index in [-0.39, 0.29) is 5.97 Å². The lowest BCUT2D eigenvalue weighted by molar-refractivity contribution is 0.0527. The van der Waals surface area contributed by atoms with Crippen molar-refractivity contribution in [3.8, 4) is 0 Å². The molecule has 0 aromatic heterocycles. The van der Waals surface area contributed by atoms with E-state index in [9.17, 15) is 4.79 Å². The van der Waals surface area contributed by atoms with Gasteiger partial charge in [0, 0.05) is 13.6 Å². The predicted octanol–water partition coefficient (Wildman–Crippen LogP) is 3.50. The van der Waals surface area contributed by atoms with Gasteiger partial charge in [-0.05, 0) is 24.6 Å². The van der Waals surface area contributed by atoms with Crippen molar-refractivity contribution in [1.29, 1.82) is 0 Å². The quantitative estimate of drug-likeness (QED) is 0.778. The molecule has 0 aliphatic carbocycles. The first-order valence-corrected chi connectivity index (χ1v) is 6.73. The van der Waals surface area contributed by atoms with E-state index in [0.717, 1.165) is 12.2 Å². The number of anilines is 1. The summed E-state index contributed by atoms with van der Waals surface area (Å²) in [6, 6.07) is 17.7. The van der Waals surface area contributed by atoms with Crippen LogP contribution in [0.4, 0.5) is 5.69 Å². The van der Waals surface area contributed by atoms with Crippen LogP contribution in [0.2, 0.25) is 0 Å². The molecule has 0 heterocycles. The number of carbonyl (C=O) groups excluding carboxylic acids is 1. The molecule has 2 aromatic carbocycles. The van der Waals surface area contributed by atoms with Crippen molar-refractivity contribution in [1.82, 2.24) is 0 Å². The molecule has 2 aromatic rings. The lowest BCUT2D eigenvalue weighted by Gasteiger charge is -2.21. The summed E-state index contributed by atoms with van der Waals surface area (Å²) in [7, 11) is 1.98. The van der Waals surface area contributed by atoms with Gasteiger partial charge in [-0.15, -0.1) is 0 Å². The Morgan fingerprint density at radius 2 is 1.70 bits per heavy atom. The van der Waals surface area contributed by atoms with Gasteiger partial charge in [-0.25, -0.2) is 4.79 Å². The van der Waals surface area contributed by atoms with E-state index >= 15 is 0 Å². The van der Waals surface area contributed by atoms with Crippen LogP contribution in [0, 0.1) is 0 Å². The fraction of sp³-hybridized carbons (Fsp3) is 0.235. The van der Waals surface area contributed by atoms with Crippen LogP contribution < -0.4 is 4.90 Å². The molecule has 3 heteroatoms. The van der Waals surface area contributed by atoms with E-state index < -0.39 is 0 Å². The molecule has 0 fully saturated rings. The third-order valence-electron chi connectivity index (χ3n) is 3.07. The number of nitrogens with zero attached hydrogens (tertiary/aromatic N) is 1. The molecule has 2 rings (SSSR count). The van der Waals surface area contributed by atoms with E-state index in [1.165, 1.54) is 5.56 Å². The van der Waals surface area contributed by atoms with Crippen LogP contribution in [-0.4, -0.2) is 19.6 Å². The van der Waals surface area contributed by atoms with Crippen LogP contribution in [-0.2, 0) is 11.3 Å². The highest BCUT2D eigenvalue weighted by molar-refractivity contribution is 5.95. The van der Waals surface area contributed by atoms with Crippen molar-refractivity contribution in [3.05, 3.63) is 65.7 Å². The number of para-hydroxylation sites is 1. The number of carbonyl (C=O) groups is 1. The average molecular weight is 269 g/mol.